The zero-order valence-corrected chi connectivity index (χ0v) is 12.4. The standard InChI is InChI=1S/C15H20N4O2/c1-18(2)6-5-16-15(20)11-3-4-13-12(9-11)17-14-10-21-8-7-19(13)14/h3-4,9H,5-8,10H2,1-2H3,(H,16,20). The van der Waals surface area contributed by atoms with Crippen LogP contribution < -0.4 is 5.32 Å². The molecule has 1 amide bonds. The van der Waals surface area contributed by atoms with Crippen molar-refractivity contribution in [3.63, 3.8) is 0 Å². The number of carbonyl (C=O) groups is 1. The highest BCUT2D eigenvalue weighted by atomic mass is 16.5. The molecule has 6 heteroatoms. The average Bonchev–Trinajstić information content (AvgIpc) is 2.84. The highest BCUT2D eigenvalue weighted by molar-refractivity contribution is 5.97. The number of fused-ring (bicyclic) bond motifs is 3. The third-order valence-corrected chi connectivity index (χ3v) is 3.62. The molecule has 0 unspecified atom stereocenters. The highest BCUT2D eigenvalue weighted by Crippen LogP contribution is 2.20. The Bertz CT molecular complexity index is 663. The molecule has 3 rings (SSSR count). The van der Waals surface area contributed by atoms with Crippen LogP contribution in [0.1, 0.15) is 16.2 Å². The Morgan fingerprint density at radius 2 is 2.33 bits per heavy atom. The molecule has 1 N–H and O–H groups in total. The van der Waals surface area contributed by atoms with Crippen molar-refractivity contribution in [3.8, 4) is 0 Å². The number of ether oxygens (including phenoxy) is 1. The quantitative estimate of drug-likeness (QED) is 0.906. The molecule has 0 atom stereocenters. The molecule has 0 bridgehead atoms. The molecule has 1 aliphatic heterocycles. The Morgan fingerprint density at radius 1 is 1.48 bits per heavy atom. The summed E-state index contributed by atoms with van der Waals surface area (Å²) in [6.07, 6.45) is 0. The third kappa shape index (κ3) is 2.91. The molecule has 0 fully saturated rings. The van der Waals surface area contributed by atoms with Gasteiger partial charge < -0.3 is 19.5 Å². The van der Waals surface area contributed by atoms with E-state index >= 15 is 0 Å². The summed E-state index contributed by atoms with van der Waals surface area (Å²) >= 11 is 0. The van der Waals surface area contributed by atoms with Crippen LogP contribution in [0.25, 0.3) is 11.0 Å². The molecular formula is C15H20N4O2. The van der Waals surface area contributed by atoms with E-state index in [9.17, 15) is 4.79 Å². The van der Waals surface area contributed by atoms with Gasteiger partial charge in [0, 0.05) is 25.2 Å². The van der Waals surface area contributed by atoms with Crippen LogP contribution in [0.15, 0.2) is 18.2 Å². The first-order valence-corrected chi connectivity index (χ1v) is 7.15. The Morgan fingerprint density at radius 3 is 3.14 bits per heavy atom. The van der Waals surface area contributed by atoms with Crippen molar-refractivity contribution in [2.24, 2.45) is 0 Å². The van der Waals surface area contributed by atoms with Crippen LogP contribution in [-0.4, -0.2) is 54.1 Å². The molecule has 6 nitrogen and oxygen atoms in total. The van der Waals surface area contributed by atoms with Crippen LogP contribution >= 0.6 is 0 Å². The monoisotopic (exact) mass is 288 g/mol. The molecule has 2 aromatic rings. The van der Waals surface area contributed by atoms with Crippen molar-refractivity contribution in [2.45, 2.75) is 13.2 Å². The minimum atomic E-state index is -0.0547. The third-order valence-electron chi connectivity index (χ3n) is 3.62. The maximum Gasteiger partial charge on any atom is 0.251 e. The fourth-order valence-electron chi connectivity index (χ4n) is 2.50. The second-order valence-corrected chi connectivity index (χ2v) is 5.49. The van der Waals surface area contributed by atoms with Gasteiger partial charge in [0.05, 0.1) is 17.6 Å². The van der Waals surface area contributed by atoms with Gasteiger partial charge in [-0.3, -0.25) is 4.79 Å². The van der Waals surface area contributed by atoms with Gasteiger partial charge in [-0.05, 0) is 32.3 Å². The Kier molecular flexibility index (Phi) is 3.90. The lowest BCUT2D eigenvalue weighted by atomic mass is 10.2. The van der Waals surface area contributed by atoms with Crippen molar-refractivity contribution >= 4 is 16.9 Å². The summed E-state index contributed by atoms with van der Waals surface area (Å²) in [4.78, 5) is 18.7. The number of hydrogen-bond acceptors (Lipinski definition) is 4. The summed E-state index contributed by atoms with van der Waals surface area (Å²) in [6.45, 7) is 3.53. The smallest absolute Gasteiger partial charge is 0.251 e. The fourth-order valence-corrected chi connectivity index (χ4v) is 2.50. The summed E-state index contributed by atoms with van der Waals surface area (Å²) < 4.78 is 7.57. The lowest BCUT2D eigenvalue weighted by Gasteiger charge is -2.14. The summed E-state index contributed by atoms with van der Waals surface area (Å²) in [5, 5.41) is 2.92. The number of benzene rings is 1. The molecule has 112 valence electrons. The number of amides is 1. The number of nitrogens with one attached hydrogen (secondary N) is 1. The van der Waals surface area contributed by atoms with E-state index in [4.69, 9.17) is 4.74 Å². The van der Waals surface area contributed by atoms with E-state index in [1.54, 1.807) is 0 Å². The van der Waals surface area contributed by atoms with E-state index < -0.39 is 0 Å². The van der Waals surface area contributed by atoms with Gasteiger partial charge in [0.2, 0.25) is 0 Å². The van der Waals surface area contributed by atoms with Crippen molar-refractivity contribution in [1.82, 2.24) is 19.8 Å². The number of nitrogens with zero attached hydrogens (tertiary/aromatic N) is 3. The molecule has 0 saturated carbocycles. The fraction of sp³-hybridized carbons (Fsp3) is 0.467. The lowest BCUT2D eigenvalue weighted by Crippen LogP contribution is -2.31. The minimum Gasteiger partial charge on any atom is -0.372 e. The SMILES string of the molecule is CN(C)CCNC(=O)c1ccc2c(c1)nc1n2CCOC1. The van der Waals surface area contributed by atoms with Gasteiger partial charge in [-0.2, -0.15) is 0 Å². The van der Waals surface area contributed by atoms with Crippen LogP contribution in [-0.2, 0) is 17.9 Å². The van der Waals surface area contributed by atoms with Crippen LogP contribution in [0.2, 0.25) is 0 Å². The predicted molar refractivity (Wildman–Crippen MR) is 80.3 cm³/mol. The van der Waals surface area contributed by atoms with E-state index in [0.29, 0.717) is 25.3 Å². The van der Waals surface area contributed by atoms with E-state index in [2.05, 4.69) is 14.9 Å². The molecular weight excluding hydrogens is 268 g/mol. The Balaban J connectivity index is 1.79. The Hall–Kier alpha value is -1.92. The van der Waals surface area contributed by atoms with E-state index in [1.807, 2.05) is 37.2 Å². The lowest BCUT2D eigenvalue weighted by molar-refractivity contribution is 0.0830. The van der Waals surface area contributed by atoms with Gasteiger partial charge in [0.1, 0.15) is 12.4 Å². The van der Waals surface area contributed by atoms with Gasteiger partial charge in [-0.15, -0.1) is 0 Å². The summed E-state index contributed by atoms with van der Waals surface area (Å²) in [7, 11) is 3.96. The van der Waals surface area contributed by atoms with Gasteiger partial charge >= 0.3 is 0 Å². The molecule has 0 saturated heterocycles. The van der Waals surface area contributed by atoms with E-state index in [0.717, 1.165) is 29.9 Å². The average molecular weight is 288 g/mol. The largest absolute Gasteiger partial charge is 0.372 e. The van der Waals surface area contributed by atoms with Crippen LogP contribution in [0.3, 0.4) is 0 Å². The molecule has 0 radical (unpaired) electrons. The molecule has 2 heterocycles. The van der Waals surface area contributed by atoms with E-state index in [1.165, 1.54) is 0 Å². The number of carbonyl (C=O) groups excluding carboxylic acids is 1. The minimum absolute atomic E-state index is 0.0547. The first-order valence-electron chi connectivity index (χ1n) is 7.15. The first kappa shape index (κ1) is 14.0. The zero-order valence-electron chi connectivity index (χ0n) is 12.4. The number of hydrogen-bond donors (Lipinski definition) is 1. The number of rotatable bonds is 4. The molecule has 0 spiro atoms. The topological polar surface area (TPSA) is 59.4 Å². The summed E-state index contributed by atoms with van der Waals surface area (Å²) in [5.41, 5.74) is 2.58. The van der Waals surface area contributed by atoms with Crippen LogP contribution in [0.4, 0.5) is 0 Å². The number of imidazole rings is 1. The van der Waals surface area contributed by atoms with Crippen molar-refractivity contribution < 1.29 is 9.53 Å². The molecule has 1 aliphatic rings. The Labute approximate surface area is 123 Å². The van der Waals surface area contributed by atoms with E-state index in [-0.39, 0.29) is 5.91 Å². The van der Waals surface area contributed by atoms with Gasteiger partial charge in [0.25, 0.3) is 5.91 Å². The van der Waals surface area contributed by atoms with Crippen molar-refractivity contribution in [1.29, 1.82) is 0 Å². The summed E-state index contributed by atoms with van der Waals surface area (Å²) in [5.74, 6) is 0.877. The molecule has 1 aromatic heterocycles. The molecule has 0 aliphatic carbocycles. The van der Waals surface area contributed by atoms with Crippen molar-refractivity contribution in [2.75, 3.05) is 33.8 Å². The first-order chi connectivity index (χ1) is 10.1. The van der Waals surface area contributed by atoms with Crippen LogP contribution in [0, 0.1) is 0 Å². The maximum atomic E-state index is 12.1. The second-order valence-electron chi connectivity index (χ2n) is 5.49. The van der Waals surface area contributed by atoms with Gasteiger partial charge in [0.15, 0.2) is 0 Å². The predicted octanol–water partition coefficient (Wildman–Crippen LogP) is 0.858. The number of likely N-dealkylation sites (N-methyl/N-ethyl adjacent to an activating group) is 1. The van der Waals surface area contributed by atoms with Crippen LogP contribution in [0.5, 0.6) is 0 Å². The second kappa shape index (κ2) is 5.83. The van der Waals surface area contributed by atoms with Crippen molar-refractivity contribution in [3.05, 3.63) is 29.6 Å². The number of aromatic nitrogens is 2. The zero-order chi connectivity index (χ0) is 14.8. The normalized spacial score (nSPS) is 14.4. The summed E-state index contributed by atoms with van der Waals surface area (Å²) in [6, 6.07) is 5.68. The van der Waals surface area contributed by atoms with Gasteiger partial charge in [-0.1, -0.05) is 0 Å². The highest BCUT2D eigenvalue weighted by Gasteiger charge is 2.16. The maximum absolute atomic E-state index is 12.1. The van der Waals surface area contributed by atoms with Gasteiger partial charge in [-0.25, -0.2) is 4.98 Å². The molecule has 1 aromatic carbocycles. The molecule has 21 heavy (non-hydrogen) atoms.